The normalized spacial score (nSPS) is 12.4. The monoisotopic (exact) mass is 250 g/mol. The van der Waals surface area contributed by atoms with Crippen molar-refractivity contribution < 1.29 is 10.0 Å². The van der Waals surface area contributed by atoms with E-state index in [0.29, 0.717) is 10.4 Å². The Balaban J connectivity index is 2.37. The maximum atomic E-state index is 10.6. The van der Waals surface area contributed by atoms with Crippen molar-refractivity contribution >= 4 is 17.0 Å². The van der Waals surface area contributed by atoms with Crippen molar-refractivity contribution in [3.05, 3.63) is 56.0 Å². The number of nitrogens with zero attached hydrogens (tertiary/aromatic N) is 2. The van der Waals surface area contributed by atoms with Gasteiger partial charge in [-0.1, -0.05) is 12.1 Å². The zero-order chi connectivity index (χ0) is 12.4. The van der Waals surface area contributed by atoms with E-state index in [1.54, 1.807) is 24.6 Å². The van der Waals surface area contributed by atoms with Crippen molar-refractivity contribution in [3.63, 3.8) is 0 Å². The van der Waals surface area contributed by atoms with E-state index in [4.69, 9.17) is 0 Å². The van der Waals surface area contributed by atoms with E-state index in [0.717, 1.165) is 5.69 Å². The maximum absolute atomic E-state index is 10.6. The molecule has 1 atom stereocenters. The second-order valence-electron chi connectivity index (χ2n) is 3.56. The average molecular weight is 250 g/mol. The molecule has 6 heteroatoms. The third kappa shape index (κ3) is 2.32. The van der Waals surface area contributed by atoms with Crippen LogP contribution in [0.1, 0.15) is 22.2 Å². The van der Waals surface area contributed by atoms with Crippen LogP contribution in [0.15, 0.2) is 29.8 Å². The summed E-state index contributed by atoms with van der Waals surface area (Å²) < 4.78 is 0. The van der Waals surface area contributed by atoms with Crippen LogP contribution in [0, 0.1) is 17.0 Å². The van der Waals surface area contributed by atoms with Gasteiger partial charge in [-0.15, -0.1) is 11.3 Å². The van der Waals surface area contributed by atoms with Gasteiger partial charge in [0.1, 0.15) is 6.10 Å². The zero-order valence-electron chi connectivity index (χ0n) is 9.03. The molecule has 1 aromatic heterocycles. The van der Waals surface area contributed by atoms with Gasteiger partial charge in [-0.05, 0) is 12.5 Å². The van der Waals surface area contributed by atoms with Crippen LogP contribution >= 0.6 is 11.3 Å². The van der Waals surface area contributed by atoms with Crippen molar-refractivity contribution in [1.82, 2.24) is 4.98 Å². The molecule has 0 aliphatic heterocycles. The zero-order valence-corrected chi connectivity index (χ0v) is 9.85. The van der Waals surface area contributed by atoms with E-state index in [-0.39, 0.29) is 5.69 Å². The lowest BCUT2D eigenvalue weighted by Crippen LogP contribution is -2.00. The van der Waals surface area contributed by atoms with Crippen molar-refractivity contribution in [3.8, 4) is 0 Å². The third-order valence-electron chi connectivity index (χ3n) is 2.43. The van der Waals surface area contributed by atoms with E-state index >= 15 is 0 Å². The molecule has 0 spiro atoms. The number of thiazole rings is 1. The number of aliphatic hydroxyl groups is 1. The summed E-state index contributed by atoms with van der Waals surface area (Å²) in [6.07, 6.45) is -0.859. The highest BCUT2D eigenvalue weighted by atomic mass is 32.1. The van der Waals surface area contributed by atoms with Gasteiger partial charge in [0, 0.05) is 12.1 Å². The lowest BCUT2D eigenvalue weighted by Gasteiger charge is -2.09. The fourth-order valence-corrected chi connectivity index (χ4v) is 2.35. The van der Waals surface area contributed by atoms with Gasteiger partial charge in [0.25, 0.3) is 5.69 Å². The standard InChI is InChI=1S/C11H10N2O3S/c1-7-11(17-6-12-7)10(14)8-3-2-4-9(5-8)13(15)16/h2-6,10,14H,1H3. The first-order chi connectivity index (χ1) is 8.09. The molecule has 17 heavy (non-hydrogen) atoms. The maximum Gasteiger partial charge on any atom is 0.269 e. The molecule has 0 saturated heterocycles. The molecular weight excluding hydrogens is 240 g/mol. The summed E-state index contributed by atoms with van der Waals surface area (Å²) in [7, 11) is 0. The smallest absolute Gasteiger partial charge is 0.269 e. The summed E-state index contributed by atoms with van der Waals surface area (Å²) in [6.45, 7) is 1.80. The number of nitro benzene ring substituents is 1. The number of benzene rings is 1. The Hall–Kier alpha value is -1.79. The average Bonchev–Trinajstić information content (AvgIpc) is 2.74. The molecule has 0 radical (unpaired) electrons. The SMILES string of the molecule is Cc1ncsc1C(O)c1cccc([N+](=O)[O-])c1. The highest BCUT2D eigenvalue weighted by Crippen LogP contribution is 2.29. The van der Waals surface area contributed by atoms with Gasteiger partial charge >= 0.3 is 0 Å². The number of aliphatic hydroxyl groups excluding tert-OH is 1. The van der Waals surface area contributed by atoms with Gasteiger partial charge in [-0.2, -0.15) is 0 Å². The molecule has 88 valence electrons. The van der Waals surface area contributed by atoms with Crippen molar-refractivity contribution in [2.75, 3.05) is 0 Å². The largest absolute Gasteiger partial charge is 0.383 e. The quantitative estimate of drug-likeness (QED) is 0.670. The first-order valence-electron chi connectivity index (χ1n) is 4.92. The Morgan fingerprint density at radius 2 is 2.29 bits per heavy atom. The number of hydrogen-bond acceptors (Lipinski definition) is 5. The predicted octanol–water partition coefficient (Wildman–Crippen LogP) is 2.44. The minimum absolute atomic E-state index is 0.0243. The molecule has 1 N–H and O–H groups in total. The molecule has 0 aliphatic rings. The summed E-state index contributed by atoms with van der Waals surface area (Å²) in [4.78, 5) is 14.9. The molecule has 0 bridgehead atoms. The number of hydrogen-bond donors (Lipinski definition) is 1. The number of aryl methyl sites for hydroxylation is 1. The molecule has 1 heterocycles. The second-order valence-corrected chi connectivity index (χ2v) is 4.44. The topological polar surface area (TPSA) is 76.3 Å². The first kappa shape index (κ1) is 11.7. The van der Waals surface area contributed by atoms with Crippen molar-refractivity contribution in [2.24, 2.45) is 0 Å². The lowest BCUT2D eigenvalue weighted by atomic mass is 10.1. The van der Waals surface area contributed by atoms with E-state index in [2.05, 4.69) is 4.98 Å². The van der Waals surface area contributed by atoms with Crippen molar-refractivity contribution in [1.29, 1.82) is 0 Å². The van der Waals surface area contributed by atoms with E-state index in [9.17, 15) is 15.2 Å². The van der Waals surface area contributed by atoms with Crippen LogP contribution in [0.2, 0.25) is 0 Å². The Morgan fingerprint density at radius 3 is 2.88 bits per heavy atom. The third-order valence-corrected chi connectivity index (χ3v) is 3.41. The Bertz CT molecular complexity index is 553. The number of aromatic nitrogens is 1. The summed E-state index contributed by atoms with van der Waals surface area (Å²) in [5.74, 6) is 0. The van der Waals surface area contributed by atoms with E-state index in [1.165, 1.54) is 23.5 Å². The minimum atomic E-state index is -0.859. The number of non-ortho nitro benzene ring substituents is 1. The summed E-state index contributed by atoms with van der Waals surface area (Å²) in [6, 6.07) is 6.00. The molecule has 5 nitrogen and oxygen atoms in total. The van der Waals surface area contributed by atoms with Crippen LogP contribution in [0.25, 0.3) is 0 Å². The van der Waals surface area contributed by atoms with E-state index in [1.807, 2.05) is 0 Å². The van der Waals surface area contributed by atoms with Gasteiger partial charge in [0.05, 0.1) is 21.0 Å². The van der Waals surface area contributed by atoms with Crippen LogP contribution < -0.4 is 0 Å². The minimum Gasteiger partial charge on any atom is -0.383 e. The fraction of sp³-hybridized carbons (Fsp3) is 0.182. The van der Waals surface area contributed by atoms with Crippen LogP contribution in [0.5, 0.6) is 0 Å². The molecule has 2 rings (SSSR count). The highest BCUT2D eigenvalue weighted by molar-refractivity contribution is 7.09. The highest BCUT2D eigenvalue weighted by Gasteiger charge is 2.17. The van der Waals surface area contributed by atoms with Gasteiger partial charge in [0.2, 0.25) is 0 Å². The Kier molecular flexibility index (Phi) is 3.16. The molecular formula is C11H10N2O3S. The van der Waals surface area contributed by atoms with Gasteiger partial charge in [-0.25, -0.2) is 4.98 Å². The van der Waals surface area contributed by atoms with Crippen LogP contribution in [-0.4, -0.2) is 15.0 Å². The number of rotatable bonds is 3. The molecule has 0 fully saturated rings. The predicted molar refractivity (Wildman–Crippen MR) is 64.0 cm³/mol. The number of nitro groups is 1. The fourth-order valence-electron chi connectivity index (χ4n) is 1.53. The van der Waals surface area contributed by atoms with Crippen molar-refractivity contribution in [2.45, 2.75) is 13.0 Å². The molecule has 2 aromatic rings. The summed E-state index contributed by atoms with van der Waals surface area (Å²) >= 11 is 1.34. The molecule has 0 saturated carbocycles. The van der Waals surface area contributed by atoms with Crippen LogP contribution in [0.3, 0.4) is 0 Å². The first-order valence-corrected chi connectivity index (χ1v) is 5.80. The van der Waals surface area contributed by atoms with Gasteiger partial charge in [0.15, 0.2) is 0 Å². The van der Waals surface area contributed by atoms with Gasteiger partial charge < -0.3 is 5.11 Å². The van der Waals surface area contributed by atoms with Gasteiger partial charge in [-0.3, -0.25) is 10.1 Å². The second kappa shape index (κ2) is 4.60. The Labute approximate surface area is 102 Å². The van der Waals surface area contributed by atoms with Crippen LogP contribution in [0.4, 0.5) is 5.69 Å². The lowest BCUT2D eigenvalue weighted by molar-refractivity contribution is -0.385. The molecule has 0 amide bonds. The van der Waals surface area contributed by atoms with E-state index < -0.39 is 11.0 Å². The molecule has 1 aromatic carbocycles. The molecule has 0 aliphatic carbocycles. The Morgan fingerprint density at radius 1 is 1.53 bits per heavy atom. The summed E-state index contributed by atoms with van der Waals surface area (Å²) in [5.41, 5.74) is 2.87. The molecule has 1 unspecified atom stereocenters. The van der Waals surface area contributed by atoms with Crippen LogP contribution in [-0.2, 0) is 0 Å². The summed E-state index contributed by atoms with van der Waals surface area (Å²) in [5, 5.41) is 20.8.